The van der Waals surface area contributed by atoms with Crippen molar-refractivity contribution in [2.75, 3.05) is 5.75 Å². The van der Waals surface area contributed by atoms with E-state index in [0.717, 1.165) is 0 Å². The molecule has 0 radical (unpaired) electrons. The molecule has 1 unspecified atom stereocenters. The summed E-state index contributed by atoms with van der Waals surface area (Å²) in [5, 5.41) is 8.01. The number of hydrogen-bond acceptors (Lipinski definition) is 3. The van der Waals surface area contributed by atoms with E-state index in [0.29, 0.717) is 0 Å². The smallest absolute Gasteiger partial charge is 0.321 e. The molecule has 0 amide bonds. The Balaban J connectivity index is 3.34. The van der Waals surface area contributed by atoms with Gasteiger partial charge in [0.15, 0.2) is 0 Å². The minimum Gasteiger partial charge on any atom is -0.480 e. The molecule has 1 atom stereocenters. The number of thiol groups is 1. The lowest BCUT2D eigenvalue weighted by Crippen LogP contribution is -2.31. The highest BCUT2D eigenvalue weighted by Crippen LogP contribution is 1.80. The van der Waals surface area contributed by atoms with Crippen molar-refractivity contribution in [1.29, 1.82) is 0 Å². The van der Waals surface area contributed by atoms with Crippen molar-refractivity contribution in [2.45, 2.75) is 6.04 Å². The van der Waals surface area contributed by atoms with E-state index in [1.54, 1.807) is 0 Å². The van der Waals surface area contributed by atoms with Gasteiger partial charge in [0.05, 0.1) is 0 Å². The molecule has 0 rings (SSSR count). The van der Waals surface area contributed by atoms with Crippen molar-refractivity contribution in [3.05, 3.63) is 0 Å². The fourth-order valence-corrected chi connectivity index (χ4v) is 0.234. The molecule has 0 aromatic heterocycles. The molecule has 0 aliphatic rings. The van der Waals surface area contributed by atoms with Crippen LogP contribution < -0.4 is 5.73 Å². The molecule has 3 N–H and O–H groups in total. The van der Waals surface area contributed by atoms with Crippen LogP contribution in [0.15, 0.2) is 0 Å². The van der Waals surface area contributed by atoms with E-state index >= 15 is 0 Å². The van der Waals surface area contributed by atoms with Crippen LogP contribution in [0.4, 0.5) is 0 Å². The zero-order valence-corrected chi connectivity index (χ0v) is 4.56. The molecule has 0 aliphatic heterocycles. The summed E-state index contributed by atoms with van der Waals surface area (Å²) in [5.41, 5.74) is 4.94. The number of carboxylic acid groups (broad SMARTS) is 1. The summed E-state index contributed by atoms with van der Waals surface area (Å²) in [6, 6.07) is -0.816. The number of rotatable bonds is 2. The predicted molar refractivity (Wildman–Crippen MR) is 29.5 cm³/mol. The Kier molecular flexibility index (Phi) is 2.78. The molecule has 0 aromatic rings. The number of carbonyl (C=O) groups is 1. The molecule has 0 aromatic carbocycles. The van der Waals surface area contributed by atoms with E-state index < -0.39 is 12.0 Å². The van der Waals surface area contributed by atoms with Crippen molar-refractivity contribution < 1.29 is 9.90 Å². The van der Waals surface area contributed by atoms with Gasteiger partial charge < -0.3 is 10.8 Å². The lowest BCUT2D eigenvalue weighted by molar-refractivity contribution is -0.137. The summed E-state index contributed by atoms with van der Waals surface area (Å²) < 4.78 is 0. The molecule has 0 bridgehead atoms. The topological polar surface area (TPSA) is 63.3 Å². The molecule has 42 valence electrons. The van der Waals surface area contributed by atoms with Gasteiger partial charge in [0.25, 0.3) is 0 Å². The first-order chi connectivity index (χ1) is 3.18. The fourth-order valence-electron chi connectivity index (χ4n) is 0.0781. The first-order valence-corrected chi connectivity index (χ1v) is 2.41. The largest absolute Gasteiger partial charge is 0.480 e. The van der Waals surface area contributed by atoms with Gasteiger partial charge in [-0.1, -0.05) is 0 Å². The highest BCUT2D eigenvalue weighted by molar-refractivity contribution is 7.80. The summed E-state index contributed by atoms with van der Waals surface area (Å²) in [6.07, 6.45) is 0. The highest BCUT2D eigenvalue weighted by atomic mass is 32.1. The molecule has 0 heterocycles. The predicted octanol–water partition coefficient (Wildman–Crippen LogP) is -0.672. The second kappa shape index (κ2) is 2.87. The Morgan fingerprint density at radius 1 is 2.00 bits per heavy atom. The standard InChI is InChI=1S/C3H7NO2S/c4-2(1-7)3(5)6/h2,7H,1,4H2,(H,5,6)/i4+1. The van der Waals surface area contributed by atoms with Crippen LogP contribution in [0.1, 0.15) is 0 Å². The first kappa shape index (κ1) is 6.78. The van der Waals surface area contributed by atoms with Gasteiger partial charge >= 0.3 is 5.97 Å². The van der Waals surface area contributed by atoms with E-state index in [9.17, 15) is 4.79 Å². The van der Waals surface area contributed by atoms with Gasteiger partial charge in [-0.15, -0.1) is 0 Å². The average Bonchev–Trinajstić information content (AvgIpc) is 1.65. The van der Waals surface area contributed by atoms with Crippen molar-refractivity contribution in [3.63, 3.8) is 0 Å². The lowest BCUT2D eigenvalue weighted by atomic mass is 10.4. The van der Waals surface area contributed by atoms with Crippen LogP contribution in [0.5, 0.6) is 0 Å². The van der Waals surface area contributed by atoms with Crippen molar-refractivity contribution in [2.24, 2.45) is 5.73 Å². The van der Waals surface area contributed by atoms with Gasteiger partial charge in [-0.3, -0.25) is 4.79 Å². The van der Waals surface area contributed by atoms with Crippen LogP contribution in [-0.4, -0.2) is 22.9 Å². The third kappa shape index (κ3) is 2.47. The summed E-state index contributed by atoms with van der Waals surface area (Å²) in [5.74, 6) is -0.815. The molecule has 3 nitrogen and oxygen atoms in total. The molecule has 0 aliphatic carbocycles. The number of hydrogen-bond donors (Lipinski definition) is 3. The quantitative estimate of drug-likeness (QED) is 0.336. The van der Waals surface area contributed by atoms with Crippen LogP contribution in [0.3, 0.4) is 0 Å². The van der Waals surface area contributed by atoms with Crippen LogP contribution in [-0.2, 0) is 4.79 Å². The third-order valence-electron chi connectivity index (χ3n) is 0.514. The Bertz CT molecular complexity index is 75.3. The molecular formula is C3H7NO2S. The van der Waals surface area contributed by atoms with Crippen molar-refractivity contribution in [3.8, 4) is 0 Å². The minimum absolute atomic E-state index is 0.190. The van der Waals surface area contributed by atoms with E-state index in [2.05, 4.69) is 12.6 Å². The molecule has 0 saturated heterocycles. The van der Waals surface area contributed by atoms with Crippen LogP contribution in [0.2, 0.25) is 0 Å². The van der Waals surface area contributed by atoms with Crippen LogP contribution in [0.25, 0.3) is 0 Å². The molecular weight excluding hydrogens is 115 g/mol. The third-order valence-corrected chi connectivity index (χ3v) is 0.907. The lowest BCUT2D eigenvalue weighted by Gasteiger charge is -1.96. The minimum atomic E-state index is -1.00. The van der Waals surface area contributed by atoms with Gasteiger partial charge in [-0.05, 0) is 0 Å². The maximum Gasteiger partial charge on any atom is 0.321 e. The van der Waals surface area contributed by atoms with Crippen LogP contribution in [0, 0.1) is 0 Å². The Labute approximate surface area is 46.9 Å². The van der Waals surface area contributed by atoms with E-state index in [-0.39, 0.29) is 5.75 Å². The Morgan fingerprint density at radius 2 is 2.43 bits per heavy atom. The monoisotopic (exact) mass is 122 g/mol. The number of carboxylic acids is 1. The van der Waals surface area contributed by atoms with E-state index in [1.165, 1.54) is 0 Å². The average molecular weight is 122 g/mol. The van der Waals surface area contributed by atoms with Gasteiger partial charge in [-0.25, -0.2) is 0 Å². The molecule has 7 heavy (non-hydrogen) atoms. The van der Waals surface area contributed by atoms with Crippen molar-refractivity contribution in [1.82, 2.24) is 0 Å². The molecule has 0 fully saturated rings. The highest BCUT2D eigenvalue weighted by Gasteiger charge is 2.06. The zero-order valence-electron chi connectivity index (χ0n) is 3.66. The molecule has 0 spiro atoms. The molecule has 0 saturated carbocycles. The van der Waals surface area contributed by atoms with Gasteiger partial charge in [0, 0.05) is 5.75 Å². The first-order valence-electron chi connectivity index (χ1n) is 1.77. The van der Waals surface area contributed by atoms with Gasteiger partial charge in [0.1, 0.15) is 6.04 Å². The molecule has 4 heteroatoms. The summed E-state index contributed by atoms with van der Waals surface area (Å²) in [7, 11) is 0. The van der Waals surface area contributed by atoms with E-state index in [1.807, 2.05) is 0 Å². The van der Waals surface area contributed by atoms with E-state index in [4.69, 9.17) is 10.8 Å². The van der Waals surface area contributed by atoms with Crippen LogP contribution >= 0.6 is 12.6 Å². The summed E-state index contributed by atoms with van der Waals surface area (Å²) in [6.45, 7) is 0. The normalized spacial score (nSPS) is 13.4. The SMILES string of the molecule is [15NH2]C(CS)C(=O)O. The Morgan fingerprint density at radius 3 is 2.43 bits per heavy atom. The fraction of sp³-hybridized carbons (Fsp3) is 0.667. The van der Waals surface area contributed by atoms with Gasteiger partial charge in [0.2, 0.25) is 0 Å². The Hall–Kier alpha value is -0.220. The number of nitrogens with two attached hydrogens (primary N) is 1. The zero-order chi connectivity index (χ0) is 5.86. The summed E-state index contributed by atoms with van der Waals surface area (Å²) in [4.78, 5) is 9.76. The second-order valence-electron chi connectivity index (χ2n) is 1.13. The number of aliphatic carboxylic acids is 1. The van der Waals surface area contributed by atoms with Gasteiger partial charge in [-0.2, -0.15) is 12.6 Å². The maximum absolute atomic E-state index is 9.76. The second-order valence-corrected chi connectivity index (χ2v) is 1.49. The maximum atomic E-state index is 9.76. The van der Waals surface area contributed by atoms with Crippen molar-refractivity contribution >= 4 is 18.6 Å². The summed E-state index contributed by atoms with van der Waals surface area (Å²) >= 11 is 3.65.